The van der Waals surface area contributed by atoms with E-state index < -0.39 is 29.9 Å². The molecule has 2 amide bonds. The summed E-state index contributed by atoms with van der Waals surface area (Å²) in [6.45, 7) is 1.90. The smallest absolute Gasteiger partial charge is 0.329 e. The van der Waals surface area contributed by atoms with Gasteiger partial charge in [0.2, 0.25) is 0 Å². The Labute approximate surface area is 203 Å². The topological polar surface area (TPSA) is 93.7 Å². The maximum atomic E-state index is 12.7. The SMILES string of the molecule is COc1ccc(CCNC(=O)C(C)OC(=O)C(CCSC)NC(=O)c2ccccc2Cl)cc1. The average Bonchev–Trinajstić information content (AvgIpc) is 2.82. The molecule has 2 rings (SSSR count). The fourth-order valence-electron chi connectivity index (χ4n) is 2.94. The van der Waals surface area contributed by atoms with Crippen molar-refractivity contribution < 1.29 is 23.9 Å². The lowest BCUT2D eigenvalue weighted by atomic mass is 10.1. The van der Waals surface area contributed by atoms with Crippen LogP contribution >= 0.6 is 23.4 Å². The maximum absolute atomic E-state index is 12.7. The number of methoxy groups -OCH3 is 1. The Bertz CT molecular complexity index is 939. The van der Waals surface area contributed by atoms with E-state index in [-0.39, 0.29) is 10.6 Å². The Hall–Kier alpha value is -2.71. The van der Waals surface area contributed by atoms with Gasteiger partial charge in [0, 0.05) is 6.54 Å². The Balaban J connectivity index is 1.88. The number of thioether (sulfide) groups is 1. The number of rotatable bonds is 12. The van der Waals surface area contributed by atoms with Crippen LogP contribution in [0.1, 0.15) is 29.3 Å². The first-order chi connectivity index (χ1) is 15.8. The molecule has 0 aromatic heterocycles. The predicted molar refractivity (Wildman–Crippen MR) is 131 cm³/mol. The molecule has 0 fully saturated rings. The van der Waals surface area contributed by atoms with Crippen LogP contribution in [-0.2, 0) is 20.7 Å². The highest BCUT2D eigenvalue weighted by Crippen LogP contribution is 2.16. The zero-order valence-corrected chi connectivity index (χ0v) is 20.5. The molecule has 2 aromatic rings. The van der Waals surface area contributed by atoms with E-state index in [0.717, 1.165) is 11.3 Å². The number of nitrogens with one attached hydrogen (secondary N) is 2. The van der Waals surface area contributed by atoms with Crippen molar-refractivity contribution in [1.82, 2.24) is 10.6 Å². The molecule has 0 spiro atoms. The summed E-state index contributed by atoms with van der Waals surface area (Å²) in [6.07, 6.45) is 1.89. The molecule has 0 aliphatic heterocycles. The summed E-state index contributed by atoms with van der Waals surface area (Å²) in [5.41, 5.74) is 1.31. The van der Waals surface area contributed by atoms with Crippen molar-refractivity contribution in [2.45, 2.75) is 31.9 Å². The second-order valence-corrected chi connectivity index (χ2v) is 8.65. The van der Waals surface area contributed by atoms with E-state index in [0.29, 0.717) is 25.1 Å². The Kier molecular flexibility index (Phi) is 11.1. The van der Waals surface area contributed by atoms with Gasteiger partial charge in [-0.25, -0.2) is 4.79 Å². The highest BCUT2D eigenvalue weighted by atomic mass is 35.5. The molecule has 0 bridgehead atoms. The van der Waals surface area contributed by atoms with Crippen molar-refractivity contribution in [3.63, 3.8) is 0 Å². The number of amides is 2. The number of hydrogen-bond acceptors (Lipinski definition) is 6. The first kappa shape index (κ1) is 26.5. The molecule has 2 aromatic carbocycles. The zero-order valence-electron chi connectivity index (χ0n) is 18.9. The number of benzene rings is 2. The normalized spacial score (nSPS) is 12.4. The molecule has 0 saturated carbocycles. The van der Waals surface area contributed by atoms with Gasteiger partial charge in [-0.2, -0.15) is 11.8 Å². The van der Waals surface area contributed by atoms with Gasteiger partial charge >= 0.3 is 5.97 Å². The van der Waals surface area contributed by atoms with Crippen molar-refractivity contribution in [2.75, 3.05) is 25.7 Å². The summed E-state index contributed by atoms with van der Waals surface area (Å²) in [5, 5.41) is 5.73. The van der Waals surface area contributed by atoms with Crippen LogP contribution in [0.4, 0.5) is 0 Å². The highest BCUT2D eigenvalue weighted by Gasteiger charge is 2.27. The molecule has 0 radical (unpaired) electrons. The first-order valence-electron chi connectivity index (χ1n) is 10.5. The van der Waals surface area contributed by atoms with Gasteiger partial charge in [-0.15, -0.1) is 0 Å². The molecule has 9 heteroatoms. The molecule has 33 heavy (non-hydrogen) atoms. The minimum absolute atomic E-state index is 0.269. The quantitative estimate of drug-likeness (QED) is 0.440. The number of carbonyl (C=O) groups is 3. The third-order valence-corrected chi connectivity index (χ3v) is 5.83. The van der Waals surface area contributed by atoms with Crippen molar-refractivity contribution in [2.24, 2.45) is 0 Å². The lowest BCUT2D eigenvalue weighted by Gasteiger charge is -2.20. The summed E-state index contributed by atoms with van der Waals surface area (Å²) in [7, 11) is 1.60. The van der Waals surface area contributed by atoms with E-state index in [2.05, 4.69) is 10.6 Å². The maximum Gasteiger partial charge on any atom is 0.329 e. The fraction of sp³-hybridized carbons (Fsp3) is 0.375. The van der Waals surface area contributed by atoms with Gasteiger partial charge in [-0.3, -0.25) is 9.59 Å². The average molecular weight is 493 g/mol. The van der Waals surface area contributed by atoms with Gasteiger partial charge in [0.1, 0.15) is 11.8 Å². The minimum atomic E-state index is -0.998. The van der Waals surface area contributed by atoms with Crippen LogP contribution in [0.3, 0.4) is 0 Å². The standard InChI is InChI=1S/C24H29ClN2O5S/c1-16(22(28)26-14-12-17-8-10-18(31-2)11-9-17)32-24(30)21(13-15-33-3)27-23(29)19-6-4-5-7-20(19)25/h4-11,16,21H,12-15H2,1-3H3,(H,26,28)(H,27,29). The Morgan fingerprint density at radius 3 is 2.42 bits per heavy atom. The van der Waals surface area contributed by atoms with Crippen LogP contribution in [0, 0.1) is 0 Å². The van der Waals surface area contributed by atoms with E-state index in [1.54, 1.807) is 31.4 Å². The third kappa shape index (κ3) is 8.63. The molecule has 0 aliphatic rings. The van der Waals surface area contributed by atoms with E-state index in [1.807, 2.05) is 30.5 Å². The molecular formula is C24H29ClN2O5S. The number of halogens is 1. The van der Waals surface area contributed by atoms with Gasteiger partial charge < -0.3 is 20.1 Å². The highest BCUT2D eigenvalue weighted by molar-refractivity contribution is 7.98. The summed E-state index contributed by atoms with van der Waals surface area (Å²) in [5.74, 6) is -0.147. The van der Waals surface area contributed by atoms with E-state index >= 15 is 0 Å². The van der Waals surface area contributed by atoms with Crippen molar-refractivity contribution >= 4 is 41.1 Å². The first-order valence-corrected chi connectivity index (χ1v) is 12.3. The van der Waals surface area contributed by atoms with Gasteiger partial charge in [0.05, 0.1) is 17.7 Å². The molecule has 0 aliphatic carbocycles. The Morgan fingerprint density at radius 1 is 1.09 bits per heavy atom. The van der Waals surface area contributed by atoms with Crippen LogP contribution < -0.4 is 15.4 Å². The molecule has 0 heterocycles. The second-order valence-electron chi connectivity index (χ2n) is 7.26. The van der Waals surface area contributed by atoms with Crippen LogP contribution in [0.25, 0.3) is 0 Å². The van der Waals surface area contributed by atoms with Crippen LogP contribution in [0.2, 0.25) is 5.02 Å². The molecule has 2 unspecified atom stereocenters. The van der Waals surface area contributed by atoms with Crippen LogP contribution in [0.5, 0.6) is 5.75 Å². The summed E-state index contributed by atoms with van der Waals surface area (Å²) in [4.78, 5) is 37.7. The third-order valence-electron chi connectivity index (χ3n) is 4.85. The van der Waals surface area contributed by atoms with Gasteiger partial charge in [-0.05, 0) is 61.6 Å². The van der Waals surface area contributed by atoms with Gasteiger partial charge in [0.15, 0.2) is 6.10 Å². The zero-order chi connectivity index (χ0) is 24.2. The Morgan fingerprint density at radius 2 is 1.79 bits per heavy atom. The van der Waals surface area contributed by atoms with Crippen molar-refractivity contribution in [1.29, 1.82) is 0 Å². The molecule has 2 N–H and O–H groups in total. The van der Waals surface area contributed by atoms with E-state index in [4.69, 9.17) is 21.1 Å². The molecule has 2 atom stereocenters. The molecule has 178 valence electrons. The van der Waals surface area contributed by atoms with E-state index in [9.17, 15) is 14.4 Å². The molecule has 0 saturated heterocycles. The van der Waals surface area contributed by atoms with Gasteiger partial charge in [-0.1, -0.05) is 35.9 Å². The predicted octanol–water partition coefficient (Wildman–Crippen LogP) is 3.49. The van der Waals surface area contributed by atoms with Crippen molar-refractivity contribution in [3.05, 3.63) is 64.7 Å². The summed E-state index contributed by atoms with van der Waals surface area (Å²) >= 11 is 7.62. The summed E-state index contributed by atoms with van der Waals surface area (Å²) in [6, 6.07) is 13.2. The van der Waals surface area contributed by atoms with Crippen molar-refractivity contribution in [3.8, 4) is 5.75 Å². The lowest BCUT2D eigenvalue weighted by Crippen LogP contribution is -2.45. The fourth-order valence-corrected chi connectivity index (χ4v) is 3.63. The monoisotopic (exact) mass is 492 g/mol. The number of ether oxygens (including phenoxy) is 2. The molecular weight excluding hydrogens is 464 g/mol. The minimum Gasteiger partial charge on any atom is -0.497 e. The number of carbonyl (C=O) groups excluding carboxylic acids is 3. The van der Waals surface area contributed by atoms with Crippen LogP contribution in [-0.4, -0.2) is 55.6 Å². The van der Waals surface area contributed by atoms with E-state index in [1.165, 1.54) is 18.7 Å². The largest absolute Gasteiger partial charge is 0.497 e. The lowest BCUT2D eigenvalue weighted by molar-refractivity contribution is -0.156. The summed E-state index contributed by atoms with van der Waals surface area (Å²) < 4.78 is 10.5. The second kappa shape index (κ2) is 13.7. The molecule has 7 nitrogen and oxygen atoms in total. The number of esters is 1. The van der Waals surface area contributed by atoms with Gasteiger partial charge in [0.25, 0.3) is 11.8 Å². The van der Waals surface area contributed by atoms with Crippen LogP contribution in [0.15, 0.2) is 48.5 Å². The number of hydrogen-bond donors (Lipinski definition) is 2.